The van der Waals surface area contributed by atoms with Crippen molar-refractivity contribution in [2.24, 2.45) is 0 Å². The Morgan fingerprint density at radius 3 is 2.40 bits per heavy atom. The third-order valence-electron chi connectivity index (χ3n) is 2.35. The molecular formula is C13H23NO6. The number of ether oxygens (including phenoxy) is 2. The molecule has 2 atom stereocenters. The van der Waals surface area contributed by atoms with Crippen molar-refractivity contribution in [3.8, 4) is 0 Å². The summed E-state index contributed by atoms with van der Waals surface area (Å²) < 4.78 is 10.2. The summed E-state index contributed by atoms with van der Waals surface area (Å²) in [6.45, 7) is 4.61. The van der Waals surface area contributed by atoms with Crippen LogP contribution in [0.2, 0.25) is 0 Å². The van der Waals surface area contributed by atoms with Crippen LogP contribution in [0.4, 0.5) is 0 Å². The molecule has 0 spiro atoms. The van der Waals surface area contributed by atoms with Crippen molar-refractivity contribution < 1.29 is 29.0 Å². The van der Waals surface area contributed by atoms with Gasteiger partial charge in [0.15, 0.2) is 0 Å². The molecule has 0 unspecified atom stereocenters. The SMILES string of the molecule is CC(=O)CC(=O)N[C@@H](CO)COCC[C@@H](C)OC(C)=O. The van der Waals surface area contributed by atoms with E-state index in [1.54, 1.807) is 6.92 Å². The van der Waals surface area contributed by atoms with Crippen LogP contribution in [0.25, 0.3) is 0 Å². The van der Waals surface area contributed by atoms with Gasteiger partial charge < -0.3 is 19.9 Å². The molecule has 0 saturated heterocycles. The Balaban J connectivity index is 3.82. The minimum atomic E-state index is -0.550. The Labute approximate surface area is 118 Å². The molecule has 2 N–H and O–H groups in total. The van der Waals surface area contributed by atoms with Gasteiger partial charge in [0.1, 0.15) is 11.9 Å². The molecule has 20 heavy (non-hydrogen) atoms. The summed E-state index contributed by atoms with van der Waals surface area (Å²) in [5, 5.41) is 11.6. The van der Waals surface area contributed by atoms with E-state index in [-0.39, 0.29) is 37.5 Å². The number of amides is 1. The average Bonchev–Trinajstić information content (AvgIpc) is 2.31. The first kappa shape index (κ1) is 18.5. The maximum absolute atomic E-state index is 11.3. The van der Waals surface area contributed by atoms with E-state index in [1.165, 1.54) is 13.8 Å². The molecule has 0 aromatic carbocycles. The minimum absolute atomic E-state index is 0.132. The Hall–Kier alpha value is -1.47. The van der Waals surface area contributed by atoms with Gasteiger partial charge in [-0.15, -0.1) is 0 Å². The minimum Gasteiger partial charge on any atom is -0.463 e. The number of ketones is 1. The van der Waals surface area contributed by atoms with Crippen LogP contribution in [-0.4, -0.2) is 54.7 Å². The highest BCUT2D eigenvalue weighted by molar-refractivity contribution is 5.96. The van der Waals surface area contributed by atoms with Crippen LogP contribution in [-0.2, 0) is 23.9 Å². The summed E-state index contributed by atoms with van der Waals surface area (Å²) in [6, 6.07) is -0.550. The molecule has 7 heteroatoms. The molecule has 1 amide bonds. The van der Waals surface area contributed by atoms with Crippen molar-refractivity contribution in [2.45, 2.75) is 45.8 Å². The third kappa shape index (κ3) is 10.5. The summed E-state index contributed by atoms with van der Waals surface area (Å²) in [5.41, 5.74) is 0. The van der Waals surface area contributed by atoms with Gasteiger partial charge in [-0.2, -0.15) is 0 Å². The van der Waals surface area contributed by atoms with Gasteiger partial charge in [0, 0.05) is 13.3 Å². The van der Waals surface area contributed by atoms with E-state index in [1.807, 2.05) is 0 Å². The number of aliphatic hydroxyl groups excluding tert-OH is 1. The van der Waals surface area contributed by atoms with Crippen molar-refractivity contribution in [3.63, 3.8) is 0 Å². The van der Waals surface area contributed by atoms with E-state index in [4.69, 9.17) is 14.6 Å². The number of hydrogen-bond donors (Lipinski definition) is 2. The molecule has 0 radical (unpaired) electrons. The van der Waals surface area contributed by atoms with Gasteiger partial charge in [0.2, 0.25) is 5.91 Å². The highest BCUT2D eigenvalue weighted by Crippen LogP contribution is 1.99. The number of esters is 1. The number of carbonyl (C=O) groups excluding carboxylic acids is 3. The summed E-state index contributed by atoms with van der Waals surface area (Å²) in [6.07, 6.45) is 0.0754. The fourth-order valence-corrected chi connectivity index (χ4v) is 1.46. The Morgan fingerprint density at radius 1 is 1.25 bits per heavy atom. The van der Waals surface area contributed by atoms with Crippen LogP contribution in [0.15, 0.2) is 0 Å². The zero-order valence-corrected chi connectivity index (χ0v) is 12.2. The Bertz CT molecular complexity index is 331. The molecule has 116 valence electrons. The summed E-state index contributed by atoms with van der Waals surface area (Å²) >= 11 is 0. The van der Waals surface area contributed by atoms with E-state index in [9.17, 15) is 14.4 Å². The molecule has 0 bridgehead atoms. The van der Waals surface area contributed by atoms with E-state index in [0.29, 0.717) is 13.0 Å². The average molecular weight is 289 g/mol. The maximum Gasteiger partial charge on any atom is 0.302 e. The molecule has 0 aromatic heterocycles. The largest absolute Gasteiger partial charge is 0.463 e. The van der Waals surface area contributed by atoms with Gasteiger partial charge in [-0.05, 0) is 13.8 Å². The first-order valence-corrected chi connectivity index (χ1v) is 6.49. The number of carbonyl (C=O) groups is 3. The molecule has 0 heterocycles. The fourth-order valence-electron chi connectivity index (χ4n) is 1.46. The number of Topliss-reactive ketones (excluding diaryl/α,β-unsaturated/α-hetero) is 1. The van der Waals surface area contributed by atoms with E-state index in [2.05, 4.69) is 5.32 Å². The lowest BCUT2D eigenvalue weighted by Crippen LogP contribution is -2.41. The standard InChI is InChI=1S/C13H23NO6/c1-9(16)6-13(18)14-12(7-15)8-19-5-4-10(2)20-11(3)17/h10,12,15H,4-8H2,1-3H3,(H,14,18)/t10-,12+/m1/s1. The highest BCUT2D eigenvalue weighted by atomic mass is 16.5. The van der Waals surface area contributed by atoms with Gasteiger partial charge >= 0.3 is 5.97 Å². The molecule has 0 aliphatic heterocycles. The predicted molar refractivity (Wildman–Crippen MR) is 71.0 cm³/mol. The Morgan fingerprint density at radius 2 is 1.90 bits per heavy atom. The smallest absolute Gasteiger partial charge is 0.302 e. The van der Waals surface area contributed by atoms with Gasteiger partial charge in [-0.25, -0.2) is 0 Å². The molecule has 0 aliphatic rings. The number of nitrogens with one attached hydrogen (secondary N) is 1. The van der Waals surface area contributed by atoms with Gasteiger partial charge in [-0.3, -0.25) is 14.4 Å². The van der Waals surface area contributed by atoms with Crippen molar-refractivity contribution in [1.82, 2.24) is 5.32 Å². The molecule has 0 aliphatic carbocycles. The third-order valence-corrected chi connectivity index (χ3v) is 2.35. The second-order valence-electron chi connectivity index (χ2n) is 4.61. The fraction of sp³-hybridized carbons (Fsp3) is 0.769. The highest BCUT2D eigenvalue weighted by Gasteiger charge is 2.13. The molecule has 0 rings (SSSR count). The lowest BCUT2D eigenvalue weighted by atomic mass is 10.2. The lowest BCUT2D eigenvalue weighted by molar-refractivity contribution is -0.146. The van der Waals surface area contributed by atoms with Crippen LogP contribution in [0.1, 0.15) is 33.6 Å². The van der Waals surface area contributed by atoms with Crippen LogP contribution in [0.3, 0.4) is 0 Å². The zero-order chi connectivity index (χ0) is 15.5. The van der Waals surface area contributed by atoms with E-state index < -0.39 is 11.9 Å². The summed E-state index contributed by atoms with van der Waals surface area (Å²) in [5.74, 6) is -1.02. The van der Waals surface area contributed by atoms with Gasteiger partial charge in [0.25, 0.3) is 0 Å². The number of hydrogen-bond acceptors (Lipinski definition) is 6. The molecule has 0 fully saturated rings. The number of aliphatic hydroxyl groups is 1. The Kier molecular flexibility index (Phi) is 9.57. The first-order chi connectivity index (χ1) is 9.35. The zero-order valence-electron chi connectivity index (χ0n) is 12.2. The quantitative estimate of drug-likeness (QED) is 0.328. The predicted octanol–water partition coefficient (Wildman–Crippen LogP) is -0.199. The molecule has 0 saturated carbocycles. The van der Waals surface area contributed by atoms with Crippen molar-refractivity contribution >= 4 is 17.7 Å². The second-order valence-corrected chi connectivity index (χ2v) is 4.61. The van der Waals surface area contributed by atoms with E-state index >= 15 is 0 Å². The van der Waals surface area contributed by atoms with Crippen LogP contribution in [0.5, 0.6) is 0 Å². The monoisotopic (exact) mass is 289 g/mol. The van der Waals surface area contributed by atoms with Gasteiger partial charge in [0.05, 0.1) is 32.3 Å². The van der Waals surface area contributed by atoms with Crippen LogP contribution < -0.4 is 5.32 Å². The first-order valence-electron chi connectivity index (χ1n) is 6.49. The van der Waals surface area contributed by atoms with Gasteiger partial charge in [-0.1, -0.05) is 0 Å². The normalized spacial score (nSPS) is 13.4. The topological polar surface area (TPSA) is 102 Å². The summed E-state index contributed by atoms with van der Waals surface area (Å²) in [4.78, 5) is 32.8. The van der Waals surface area contributed by atoms with Crippen molar-refractivity contribution in [1.29, 1.82) is 0 Å². The summed E-state index contributed by atoms with van der Waals surface area (Å²) in [7, 11) is 0. The maximum atomic E-state index is 11.3. The van der Waals surface area contributed by atoms with Crippen LogP contribution in [0, 0.1) is 0 Å². The number of rotatable bonds is 10. The lowest BCUT2D eigenvalue weighted by Gasteiger charge is -2.17. The van der Waals surface area contributed by atoms with Crippen molar-refractivity contribution in [2.75, 3.05) is 19.8 Å². The van der Waals surface area contributed by atoms with E-state index in [0.717, 1.165) is 0 Å². The van der Waals surface area contributed by atoms with Crippen molar-refractivity contribution in [3.05, 3.63) is 0 Å². The molecule has 7 nitrogen and oxygen atoms in total. The molecule has 0 aromatic rings. The molecular weight excluding hydrogens is 266 g/mol. The van der Waals surface area contributed by atoms with Crippen LogP contribution >= 0.6 is 0 Å². The second kappa shape index (κ2) is 10.3.